The highest BCUT2D eigenvalue weighted by atomic mass is 16.2. The molecule has 0 saturated carbocycles. The Kier molecular flexibility index (Phi) is 6.90. The molecular weight excluding hydrogens is 466 g/mol. The Labute approximate surface area is 216 Å². The van der Waals surface area contributed by atoms with E-state index in [4.69, 9.17) is 5.73 Å². The highest BCUT2D eigenvalue weighted by Crippen LogP contribution is 2.38. The highest BCUT2D eigenvalue weighted by molar-refractivity contribution is 6.01. The molecule has 1 aromatic heterocycles. The van der Waals surface area contributed by atoms with Gasteiger partial charge in [-0.2, -0.15) is 0 Å². The van der Waals surface area contributed by atoms with Crippen LogP contribution in [0, 0.1) is 6.92 Å². The van der Waals surface area contributed by atoms with Crippen LogP contribution in [0.4, 0.5) is 5.82 Å². The first-order valence-electron chi connectivity index (χ1n) is 12.7. The third-order valence-electron chi connectivity index (χ3n) is 7.48. The maximum atomic E-state index is 13.0. The second-order valence-electron chi connectivity index (χ2n) is 9.85. The number of nitrogens with zero attached hydrogens (tertiary/aromatic N) is 2. The molecule has 2 fully saturated rings. The molecule has 190 valence electrons. The van der Waals surface area contributed by atoms with Gasteiger partial charge < -0.3 is 21.3 Å². The van der Waals surface area contributed by atoms with E-state index in [1.54, 1.807) is 31.3 Å². The number of carbonyl (C=O) groups is 3. The summed E-state index contributed by atoms with van der Waals surface area (Å²) in [6, 6.07) is 19.2. The first-order valence-corrected chi connectivity index (χ1v) is 12.7. The van der Waals surface area contributed by atoms with Crippen molar-refractivity contribution in [1.82, 2.24) is 15.6 Å². The molecule has 37 heavy (non-hydrogen) atoms. The molecule has 3 aromatic rings. The average molecular weight is 498 g/mol. The van der Waals surface area contributed by atoms with Gasteiger partial charge in [0, 0.05) is 42.0 Å². The number of anilines is 1. The number of aromatic nitrogens is 1. The van der Waals surface area contributed by atoms with Crippen LogP contribution >= 0.6 is 0 Å². The zero-order valence-electron chi connectivity index (χ0n) is 20.8. The van der Waals surface area contributed by atoms with Gasteiger partial charge in [0.25, 0.3) is 11.8 Å². The summed E-state index contributed by atoms with van der Waals surface area (Å²) >= 11 is 0. The van der Waals surface area contributed by atoms with Crippen LogP contribution in [0.15, 0.2) is 66.9 Å². The number of hydrogen-bond donors (Lipinski definition) is 3. The maximum Gasteiger partial charge on any atom is 0.253 e. The van der Waals surface area contributed by atoms with E-state index >= 15 is 0 Å². The predicted octanol–water partition coefficient (Wildman–Crippen LogP) is 3.35. The van der Waals surface area contributed by atoms with Crippen molar-refractivity contribution in [3.8, 4) is 0 Å². The molecule has 0 radical (unpaired) electrons. The van der Waals surface area contributed by atoms with Crippen LogP contribution in [0.25, 0.3) is 0 Å². The van der Waals surface area contributed by atoms with Gasteiger partial charge in [-0.15, -0.1) is 0 Å². The number of hydrogen-bond acceptors (Lipinski definition) is 5. The summed E-state index contributed by atoms with van der Waals surface area (Å²) in [5, 5.41) is 6.11. The Morgan fingerprint density at radius 2 is 1.62 bits per heavy atom. The van der Waals surface area contributed by atoms with Crippen molar-refractivity contribution in [2.24, 2.45) is 5.73 Å². The Bertz CT molecular complexity index is 1290. The molecular formula is C29H31N5O3. The average Bonchev–Trinajstić information content (AvgIpc) is 3.17. The summed E-state index contributed by atoms with van der Waals surface area (Å²) in [5.41, 5.74) is 8.47. The summed E-state index contributed by atoms with van der Waals surface area (Å²) in [4.78, 5) is 44.2. The molecule has 4 N–H and O–H groups in total. The van der Waals surface area contributed by atoms with E-state index in [9.17, 15) is 14.4 Å². The van der Waals surface area contributed by atoms with Crippen LogP contribution in [0.3, 0.4) is 0 Å². The molecule has 3 heterocycles. The van der Waals surface area contributed by atoms with Gasteiger partial charge >= 0.3 is 0 Å². The van der Waals surface area contributed by atoms with Gasteiger partial charge in [0.1, 0.15) is 5.82 Å². The van der Waals surface area contributed by atoms with Crippen LogP contribution in [-0.2, 0) is 6.54 Å². The van der Waals surface area contributed by atoms with Crippen molar-refractivity contribution >= 4 is 23.5 Å². The highest BCUT2D eigenvalue weighted by Gasteiger charge is 2.42. The topological polar surface area (TPSA) is 117 Å². The first kappa shape index (κ1) is 24.5. The van der Waals surface area contributed by atoms with E-state index in [-0.39, 0.29) is 29.9 Å². The minimum absolute atomic E-state index is 0.0425. The monoisotopic (exact) mass is 497 g/mol. The molecule has 5 rings (SSSR count). The molecule has 2 saturated heterocycles. The number of nitrogens with two attached hydrogens (primary N) is 1. The van der Waals surface area contributed by atoms with Gasteiger partial charge in [-0.1, -0.05) is 36.4 Å². The predicted molar refractivity (Wildman–Crippen MR) is 141 cm³/mol. The van der Waals surface area contributed by atoms with Crippen molar-refractivity contribution in [2.75, 3.05) is 4.90 Å². The van der Waals surface area contributed by atoms with Gasteiger partial charge in [0.05, 0.1) is 5.56 Å². The Balaban J connectivity index is 1.20. The van der Waals surface area contributed by atoms with Crippen molar-refractivity contribution in [3.05, 3.63) is 94.7 Å². The number of amides is 3. The van der Waals surface area contributed by atoms with Crippen molar-refractivity contribution in [3.63, 3.8) is 0 Å². The number of fused-ring (bicyclic) bond motifs is 2. The number of piperidine rings is 1. The van der Waals surface area contributed by atoms with E-state index in [1.807, 2.05) is 42.5 Å². The fourth-order valence-corrected chi connectivity index (χ4v) is 5.63. The van der Waals surface area contributed by atoms with Crippen LogP contribution in [0.1, 0.15) is 67.9 Å². The zero-order valence-corrected chi connectivity index (χ0v) is 20.8. The quantitative estimate of drug-likeness (QED) is 0.463. The third kappa shape index (κ3) is 5.18. The van der Waals surface area contributed by atoms with E-state index in [2.05, 4.69) is 20.5 Å². The SMILES string of the molecule is Cc1c(C(N)=O)cccc1C(=O)NC1CC2CCC(C1)N2c1ccc(C(=O)NCc2ccccc2)cn1. The summed E-state index contributed by atoms with van der Waals surface area (Å²) in [6.07, 6.45) is 5.34. The van der Waals surface area contributed by atoms with Crippen LogP contribution in [0.5, 0.6) is 0 Å². The summed E-state index contributed by atoms with van der Waals surface area (Å²) in [7, 11) is 0. The molecule has 0 spiro atoms. The lowest BCUT2D eigenvalue weighted by atomic mass is 9.95. The van der Waals surface area contributed by atoms with Gasteiger partial charge in [0.2, 0.25) is 5.91 Å². The molecule has 2 aliphatic heterocycles. The molecule has 8 nitrogen and oxygen atoms in total. The first-order chi connectivity index (χ1) is 17.9. The van der Waals surface area contributed by atoms with Crippen molar-refractivity contribution in [2.45, 2.75) is 57.3 Å². The number of pyridine rings is 1. The lowest BCUT2D eigenvalue weighted by Crippen LogP contribution is -2.51. The van der Waals surface area contributed by atoms with Gasteiger partial charge in [0.15, 0.2) is 0 Å². The fourth-order valence-electron chi connectivity index (χ4n) is 5.63. The van der Waals surface area contributed by atoms with Crippen LogP contribution in [0.2, 0.25) is 0 Å². The normalized spacial score (nSPS) is 20.4. The summed E-state index contributed by atoms with van der Waals surface area (Å²) in [5.74, 6) is -0.00183. The molecule has 0 aliphatic carbocycles. The molecule has 3 amide bonds. The number of primary amides is 1. The Morgan fingerprint density at radius 3 is 2.27 bits per heavy atom. The molecule has 2 aromatic carbocycles. The number of rotatable bonds is 7. The minimum atomic E-state index is -0.536. The molecule has 8 heteroatoms. The largest absolute Gasteiger partial charge is 0.366 e. The van der Waals surface area contributed by atoms with Gasteiger partial charge in [-0.3, -0.25) is 14.4 Å². The van der Waals surface area contributed by atoms with Crippen LogP contribution in [-0.4, -0.2) is 40.8 Å². The summed E-state index contributed by atoms with van der Waals surface area (Å²) < 4.78 is 0. The molecule has 2 aliphatic rings. The summed E-state index contributed by atoms with van der Waals surface area (Å²) in [6.45, 7) is 2.22. The van der Waals surface area contributed by atoms with E-state index in [0.29, 0.717) is 28.8 Å². The third-order valence-corrected chi connectivity index (χ3v) is 7.48. The second-order valence-corrected chi connectivity index (χ2v) is 9.85. The lowest BCUT2D eigenvalue weighted by Gasteiger charge is -2.40. The number of nitrogens with one attached hydrogen (secondary N) is 2. The maximum absolute atomic E-state index is 13.0. The van der Waals surface area contributed by atoms with Crippen molar-refractivity contribution in [1.29, 1.82) is 0 Å². The van der Waals surface area contributed by atoms with Crippen molar-refractivity contribution < 1.29 is 14.4 Å². The lowest BCUT2D eigenvalue weighted by molar-refractivity contribution is 0.0924. The van der Waals surface area contributed by atoms with Gasteiger partial charge in [-0.25, -0.2) is 4.98 Å². The smallest absolute Gasteiger partial charge is 0.253 e. The second kappa shape index (κ2) is 10.4. The standard InChI is InChI=1S/C29H31N5O3/c1-18-24(27(30)35)8-5-9-25(18)29(37)33-21-14-22-11-12-23(15-21)34(22)26-13-10-20(17-31-26)28(36)32-16-19-6-3-2-4-7-19/h2-10,13,17,21-23H,11-12,14-16H2,1H3,(H2,30,35)(H,32,36)(H,33,37). The molecule has 2 atom stereocenters. The molecule has 2 unspecified atom stereocenters. The zero-order chi connectivity index (χ0) is 25.9. The number of benzene rings is 2. The number of carbonyl (C=O) groups excluding carboxylic acids is 3. The van der Waals surface area contributed by atoms with Crippen LogP contribution < -0.4 is 21.3 Å². The Morgan fingerprint density at radius 1 is 0.919 bits per heavy atom. The minimum Gasteiger partial charge on any atom is -0.366 e. The fraction of sp³-hybridized carbons (Fsp3) is 0.310. The molecule has 2 bridgehead atoms. The van der Waals surface area contributed by atoms with E-state index < -0.39 is 5.91 Å². The van der Waals surface area contributed by atoms with E-state index in [1.165, 1.54) is 0 Å². The van der Waals surface area contributed by atoms with E-state index in [0.717, 1.165) is 37.1 Å². The Hall–Kier alpha value is -4.20. The van der Waals surface area contributed by atoms with Gasteiger partial charge in [-0.05, 0) is 68.0 Å².